The summed E-state index contributed by atoms with van der Waals surface area (Å²) in [6.07, 6.45) is 5.26. The molecule has 3 rings (SSSR count). The number of ether oxygens (including phenoxy) is 2. The largest absolute Gasteiger partial charge is 0.391 e. The van der Waals surface area contributed by atoms with Crippen LogP contribution < -0.4 is 16.6 Å². The molecule has 2 aromatic rings. The molecule has 0 saturated carbocycles. The van der Waals surface area contributed by atoms with E-state index in [0.717, 1.165) is 13.0 Å². The summed E-state index contributed by atoms with van der Waals surface area (Å²) < 4.78 is 11.9. The lowest BCUT2D eigenvalue weighted by molar-refractivity contribution is -0.121. The van der Waals surface area contributed by atoms with Crippen LogP contribution in [0.3, 0.4) is 0 Å². The smallest absolute Gasteiger partial charge is 0.261 e. The Morgan fingerprint density at radius 2 is 1.93 bits per heavy atom. The minimum absolute atomic E-state index is 0.123. The van der Waals surface area contributed by atoms with Gasteiger partial charge in [0.2, 0.25) is 0 Å². The number of aromatic nitrogens is 2. The third-order valence-electron chi connectivity index (χ3n) is 6.61. The predicted molar refractivity (Wildman–Crippen MR) is 153 cm³/mol. The SMILES string of the molecule is NCCOCCOCCCC(=O)CCCC#Cc1cc2ncn(CC(=O)C[C@H]3NCCC[C@@H]3O)c(=O)c2cc1Cl. The van der Waals surface area contributed by atoms with E-state index in [4.69, 9.17) is 26.8 Å². The average molecular weight is 575 g/mol. The van der Waals surface area contributed by atoms with E-state index in [2.05, 4.69) is 22.1 Å². The van der Waals surface area contributed by atoms with Gasteiger partial charge in [0.05, 0.1) is 54.7 Å². The average Bonchev–Trinajstić information content (AvgIpc) is 2.93. The molecule has 1 aliphatic heterocycles. The van der Waals surface area contributed by atoms with Crippen LogP contribution in [-0.2, 0) is 25.6 Å². The van der Waals surface area contributed by atoms with E-state index in [1.54, 1.807) is 6.07 Å². The van der Waals surface area contributed by atoms with Crippen molar-refractivity contribution in [1.29, 1.82) is 0 Å². The zero-order chi connectivity index (χ0) is 28.7. The maximum Gasteiger partial charge on any atom is 0.261 e. The molecule has 0 unspecified atom stereocenters. The van der Waals surface area contributed by atoms with Gasteiger partial charge in [-0.25, -0.2) is 4.98 Å². The van der Waals surface area contributed by atoms with Crippen molar-refractivity contribution in [2.75, 3.05) is 39.5 Å². The van der Waals surface area contributed by atoms with Crippen LogP contribution >= 0.6 is 11.6 Å². The van der Waals surface area contributed by atoms with Gasteiger partial charge in [0.15, 0.2) is 5.78 Å². The van der Waals surface area contributed by atoms with Gasteiger partial charge in [-0.05, 0) is 44.4 Å². The Morgan fingerprint density at radius 1 is 1.15 bits per heavy atom. The first kappa shape index (κ1) is 31.9. The fourth-order valence-electron chi connectivity index (χ4n) is 4.46. The number of hydrogen-bond donors (Lipinski definition) is 3. The van der Waals surface area contributed by atoms with Crippen molar-refractivity contribution in [1.82, 2.24) is 14.9 Å². The lowest BCUT2D eigenvalue weighted by Gasteiger charge is -2.28. The molecule has 1 saturated heterocycles. The summed E-state index contributed by atoms with van der Waals surface area (Å²) in [4.78, 5) is 41.9. The highest BCUT2D eigenvalue weighted by Crippen LogP contribution is 2.20. The van der Waals surface area contributed by atoms with Gasteiger partial charge in [0, 0.05) is 50.4 Å². The molecule has 2 heterocycles. The molecular formula is C29H39ClN4O6. The van der Waals surface area contributed by atoms with E-state index in [1.807, 2.05) is 0 Å². The van der Waals surface area contributed by atoms with Gasteiger partial charge in [-0.1, -0.05) is 23.4 Å². The summed E-state index contributed by atoms with van der Waals surface area (Å²) in [5.74, 6) is 6.07. The molecule has 1 aromatic heterocycles. The van der Waals surface area contributed by atoms with Crippen molar-refractivity contribution in [3.63, 3.8) is 0 Å². The topological polar surface area (TPSA) is 146 Å². The zero-order valence-electron chi connectivity index (χ0n) is 22.8. The van der Waals surface area contributed by atoms with Gasteiger partial charge in [0.1, 0.15) is 5.78 Å². The summed E-state index contributed by atoms with van der Waals surface area (Å²) >= 11 is 6.40. The Hall–Kier alpha value is -2.65. The number of piperidine rings is 1. The van der Waals surface area contributed by atoms with Crippen LogP contribution in [0.25, 0.3) is 10.9 Å². The Balaban J connectivity index is 1.45. The van der Waals surface area contributed by atoms with Gasteiger partial charge in [-0.15, -0.1) is 0 Å². The molecule has 0 spiro atoms. The van der Waals surface area contributed by atoms with Gasteiger partial charge >= 0.3 is 0 Å². The number of fused-ring (bicyclic) bond motifs is 1. The third kappa shape index (κ3) is 10.4. The van der Waals surface area contributed by atoms with E-state index in [-0.39, 0.29) is 36.1 Å². The molecule has 11 heteroatoms. The van der Waals surface area contributed by atoms with Crippen molar-refractivity contribution in [3.8, 4) is 11.8 Å². The molecule has 1 fully saturated rings. The maximum absolute atomic E-state index is 13.0. The number of unbranched alkanes of at least 4 members (excludes halogenated alkanes) is 1. The second-order valence-corrected chi connectivity index (χ2v) is 10.3. The highest BCUT2D eigenvalue weighted by atomic mass is 35.5. The number of nitrogens with one attached hydrogen (secondary N) is 1. The van der Waals surface area contributed by atoms with Crippen LogP contribution in [0.5, 0.6) is 0 Å². The van der Waals surface area contributed by atoms with Crippen molar-refractivity contribution >= 4 is 34.1 Å². The van der Waals surface area contributed by atoms with Gasteiger partial charge in [0.25, 0.3) is 5.56 Å². The minimum atomic E-state index is -0.564. The molecule has 0 aliphatic carbocycles. The highest BCUT2D eigenvalue weighted by molar-refractivity contribution is 6.32. The van der Waals surface area contributed by atoms with Crippen molar-refractivity contribution in [2.45, 2.75) is 70.1 Å². The Kier molecular flexibility index (Phi) is 13.7. The first-order valence-corrected chi connectivity index (χ1v) is 14.2. The van der Waals surface area contributed by atoms with Crippen LogP contribution in [0.2, 0.25) is 5.02 Å². The normalized spacial score (nSPS) is 17.0. The van der Waals surface area contributed by atoms with Crippen LogP contribution in [-0.4, -0.2) is 77.9 Å². The molecule has 2 atom stereocenters. The molecular weight excluding hydrogens is 536 g/mol. The number of carbonyl (C=O) groups is 2. The first-order valence-electron chi connectivity index (χ1n) is 13.9. The van der Waals surface area contributed by atoms with Crippen molar-refractivity contribution in [3.05, 3.63) is 39.4 Å². The second kappa shape index (κ2) is 17.2. The lowest BCUT2D eigenvalue weighted by atomic mass is 9.97. The van der Waals surface area contributed by atoms with Crippen molar-refractivity contribution in [2.24, 2.45) is 5.73 Å². The Labute approximate surface area is 239 Å². The van der Waals surface area contributed by atoms with Crippen LogP contribution in [0, 0.1) is 11.8 Å². The molecule has 10 nitrogen and oxygen atoms in total. The minimum Gasteiger partial charge on any atom is -0.391 e. The summed E-state index contributed by atoms with van der Waals surface area (Å²) in [6.45, 7) is 3.17. The summed E-state index contributed by atoms with van der Waals surface area (Å²) in [6, 6.07) is 2.89. The number of hydrogen-bond acceptors (Lipinski definition) is 9. The fraction of sp³-hybridized carbons (Fsp3) is 0.586. The predicted octanol–water partition coefficient (Wildman–Crippen LogP) is 1.98. The van der Waals surface area contributed by atoms with Gasteiger partial charge in [-0.3, -0.25) is 19.0 Å². The molecule has 40 heavy (non-hydrogen) atoms. The van der Waals surface area contributed by atoms with Gasteiger partial charge in [-0.2, -0.15) is 0 Å². The number of Topliss-reactive ketones (excluding diaryl/α,β-unsaturated/α-hetero) is 2. The third-order valence-corrected chi connectivity index (χ3v) is 6.93. The number of nitrogens with zero attached hydrogens (tertiary/aromatic N) is 2. The maximum atomic E-state index is 13.0. The van der Waals surface area contributed by atoms with Crippen LogP contribution in [0.4, 0.5) is 0 Å². The second-order valence-electron chi connectivity index (χ2n) is 9.85. The van der Waals surface area contributed by atoms with Gasteiger partial charge < -0.3 is 25.6 Å². The number of halogens is 1. The molecule has 0 amide bonds. The van der Waals surface area contributed by atoms with E-state index in [9.17, 15) is 19.5 Å². The summed E-state index contributed by atoms with van der Waals surface area (Å²) in [5, 5.41) is 13.9. The number of benzene rings is 1. The quantitative estimate of drug-likeness (QED) is 0.202. The molecule has 4 N–H and O–H groups in total. The molecule has 218 valence electrons. The standard InChI is InChI=1S/C29H39ClN4O6/c30-25-18-24-26(33-20-34(29(24)38)19-23(36)17-27-28(37)9-4-11-32-27)16-21(25)6-2-1-3-7-22(35)8-5-12-39-14-15-40-13-10-31/h16,18,20,27-28,32,37H,1,3-5,7-15,17,19,31H2/t27-,28+/m1/s1. The lowest BCUT2D eigenvalue weighted by Crippen LogP contribution is -2.46. The number of ketones is 2. The van der Waals surface area contributed by atoms with E-state index in [1.165, 1.54) is 17.0 Å². The number of aliphatic hydroxyl groups excluding tert-OH is 1. The molecule has 0 radical (unpaired) electrons. The number of aliphatic hydroxyl groups is 1. The summed E-state index contributed by atoms with van der Waals surface area (Å²) in [7, 11) is 0. The van der Waals surface area contributed by atoms with Crippen molar-refractivity contribution < 1.29 is 24.2 Å². The Bertz CT molecular complexity index is 1250. The number of carbonyl (C=O) groups excluding carboxylic acids is 2. The zero-order valence-corrected chi connectivity index (χ0v) is 23.6. The highest BCUT2D eigenvalue weighted by Gasteiger charge is 2.25. The Morgan fingerprint density at radius 3 is 2.70 bits per heavy atom. The number of nitrogens with two attached hydrogens (primary N) is 1. The van der Waals surface area contributed by atoms with E-state index >= 15 is 0 Å². The molecule has 0 bridgehead atoms. The van der Waals surface area contributed by atoms with E-state index < -0.39 is 6.10 Å². The number of rotatable bonds is 16. The summed E-state index contributed by atoms with van der Waals surface area (Å²) in [5.41, 5.74) is 5.97. The fourth-order valence-corrected chi connectivity index (χ4v) is 4.68. The van der Waals surface area contributed by atoms with E-state index in [0.29, 0.717) is 93.0 Å². The van der Waals surface area contributed by atoms with Crippen LogP contribution in [0.15, 0.2) is 23.3 Å². The first-order chi connectivity index (χ1) is 19.4. The van der Waals surface area contributed by atoms with Crippen LogP contribution in [0.1, 0.15) is 56.9 Å². The monoisotopic (exact) mass is 574 g/mol. The molecule has 1 aliphatic rings. The molecule has 1 aromatic carbocycles.